The Kier molecular flexibility index (Phi) is 5.45. The van der Waals surface area contributed by atoms with Crippen LogP contribution in [0.15, 0.2) is 72.2 Å². The van der Waals surface area contributed by atoms with Crippen molar-refractivity contribution in [2.24, 2.45) is 0 Å². The van der Waals surface area contributed by atoms with Gasteiger partial charge in [0.05, 0.1) is 12.2 Å². The predicted octanol–water partition coefficient (Wildman–Crippen LogP) is 4.53. The van der Waals surface area contributed by atoms with Gasteiger partial charge in [-0.15, -0.1) is 11.3 Å². The number of allylic oxidation sites excluding steroid dienone is 1. The van der Waals surface area contributed by atoms with Gasteiger partial charge in [0.25, 0.3) is 0 Å². The third-order valence-corrected chi connectivity index (χ3v) is 4.58. The van der Waals surface area contributed by atoms with E-state index in [0.29, 0.717) is 12.1 Å². The summed E-state index contributed by atoms with van der Waals surface area (Å²) in [7, 11) is 0. The molecule has 0 spiro atoms. The first-order chi connectivity index (χ1) is 12.3. The maximum absolute atomic E-state index is 9.45. The monoisotopic (exact) mass is 346 g/mol. The van der Waals surface area contributed by atoms with E-state index < -0.39 is 0 Å². The Hall–Kier alpha value is -3.10. The van der Waals surface area contributed by atoms with Crippen molar-refractivity contribution in [3.05, 3.63) is 88.5 Å². The van der Waals surface area contributed by atoms with Crippen LogP contribution in [0.1, 0.15) is 16.3 Å². The molecule has 0 fully saturated rings. The van der Waals surface area contributed by atoms with E-state index in [1.54, 1.807) is 6.20 Å². The molecule has 1 heterocycles. The Labute approximate surface area is 151 Å². The summed E-state index contributed by atoms with van der Waals surface area (Å²) in [6.07, 6.45) is 1.72. The maximum Gasteiger partial charge on any atom is 0.135 e. The van der Waals surface area contributed by atoms with Crippen LogP contribution >= 0.6 is 11.3 Å². The molecule has 4 nitrogen and oxygen atoms in total. The third-order valence-electron chi connectivity index (χ3n) is 3.59. The highest BCUT2D eigenvalue weighted by atomic mass is 32.1. The van der Waals surface area contributed by atoms with Crippen molar-refractivity contribution >= 4 is 22.6 Å². The van der Waals surface area contributed by atoms with Crippen LogP contribution in [0.5, 0.6) is 0 Å². The number of aromatic nitrogens is 1. The summed E-state index contributed by atoms with van der Waals surface area (Å²) in [4.78, 5) is 4.39. The zero-order chi connectivity index (χ0) is 17.5. The van der Waals surface area contributed by atoms with Crippen LogP contribution in [-0.2, 0) is 6.54 Å². The zero-order valence-corrected chi connectivity index (χ0v) is 14.7. The normalized spacial score (nSPS) is 11.0. The minimum atomic E-state index is 0.520. The molecule has 0 atom stereocenters. The van der Waals surface area contributed by atoms with Crippen molar-refractivity contribution in [2.75, 3.05) is 5.01 Å². The first kappa shape index (κ1) is 16.7. The van der Waals surface area contributed by atoms with Crippen molar-refractivity contribution in [2.45, 2.75) is 13.5 Å². The van der Waals surface area contributed by atoms with E-state index in [1.165, 1.54) is 16.9 Å². The lowest BCUT2D eigenvalue weighted by Gasteiger charge is -2.25. The van der Waals surface area contributed by atoms with E-state index in [1.807, 2.05) is 65.8 Å². The molecule has 124 valence electrons. The average molecular weight is 346 g/mol. The summed E-state index contributed by atoms with van der Waals surface area (Å²) < 4.78 is 0. The smallest absolute Gasteiger partial charge is 0.135 e. The molecule has 0 unspecified atom stereocenters. The summed E-state index contributed by atoms with van der Waals surface area (Å²) >= 11 is 1.47. The molecule has 5 heteroatoms. The Morgan fingerprint density at radius 1 is 1.16 bits per heavy atom. The van der Waals surface area contributed by atoms with E-state index in [0.717, 1.165) is 16.4 Å². The van der Waals surface area contributed by atoms with Gasteiger partial charge in [0.15, 0.2) is 0 Å². The SMILES string of the molecule is Cc1csc(/C(C#N)=C/NN(Cc2ccccc2)c2ccccc2)n1. The number of para-hydroxylation sites is 1. The largest absolute Gasteiger partial charge is 0.304 e. The number of hydrazine groups is 1. The van der Waals surface area contributed by atoms with Crippen molar-refractivity contribution in [3.63, 3.8) is 0 Å². The van der Waals surface area contributed by atoms with Gasteiger partial charge in [0.1, 0.15) is 16.6 Å². The number of benzene rings is 2. The van der Waals surface area contributed by atoms with Gasteiger partial charge < -0.3 is 5.43 Å². The van der Waals surface area contributed by atoms with Gasteiger partial charge in [0.2, 0.25) is 0 Å². The topological polar surface area (TPSA) is 52.0 Å². The highest BCUT2D eigenvalue weighted by molar-refractivity contribution is 7.10. The molecule has 0 amide bonds. The first-order valence-electron chi connectivity index (χ1n) is 7.92. The molecule has 3 rings (SSSR count). The lowest BCUT2D eigenvalue weighted by Crippen LogP contribution is -2.33. The molecule has 0 bridgehead atoms. The number of hydrogen-bond donors (Lipinski definition) is 1. The minimum Gasteiger partial charge on any atom is -0.304 e. The molecule has 0 aliphatic carbocycles. The Balaban J connectivity index is 1.84. The van der Waals surface area contributed by atoms with Crippen LogP contribution in [0.25, 0.3) is 5.57 Å². The van der Waals surface area contributed by atoms with E-state index in [2.05, 4.69) is 28.6 Å². The van der Waals surface area contributed by atoms with Gasteiger partial charge in [0, 0.05) is 17.3 Å². The van der Waals surface area contributed by atoms with E-state index >= 15 is 0 Å². The van der Waals surface area contributed by atoms with E-state index in [4.69, 9.17) is 0 Å². The maximum atomic E-state index is 9.45. The Morgan fingerprint density at radius 3 is 2.44 bits per heavy atom. The van der Waals surface area contributed by atoms with E-state index in [9.17, 15) is 5.26 Å². The van der Waals surface area contributed by atoms with Crippen molar-refractivity contribution in [1.82, 2.24) is 10.4 Å². The number of aryl methyl sites for hydroxylation is 1. The van der Waals surface area contributed by atoms with Crippen LogP contribution < -0.4 is 10.4 Å². The second-order valence-electron chi connectivity index (χ2n) is 5.50. The number of nitrogens with one attached hydrogen (secondary N) is 1. The lowest BCUT2D eigenvalue weighted by molar-refractivity contribution is 0.736. The predicted molar refractivity (Wildman–Crippen MR) is 103 cm³/mol. The van der Waals surface area contributed by atoms with Crippen molar-refractivity contribution in [1.29, 1.82) is 5.26 Å². The molecular weight excluding hydrogens is 328 g/mol. The molecule has 0 aliphatic heterocycles. The fraction of sp³-hybridized carbons (Fsp3) is 0.100. The number of anilines is 1. The number of nitrogens with zero attached hydrogens (tertiary/aromatic N) is 3. The molecule has 1 N–H and O–H groups in total. The first-order valence-corrected chi connectivity index (χ1v) is 8.79. The van der Waals surface area contributed by atoms with Gasteiger partial charge in [-0.25, -0.2) is 4.98 Å². The molecule has 3 aromatic rings. The second-order valence-corrected chi connectivity index (χ2v) is 6.36. The second kappa shape index (κ2) is 8.13. The number of nitriles is 1. The highest BCUT2D eigenvalue weighted by Gasteiger charge is 2.09. The molecule has 1 aromatic heterocycles. The van der Waals surface area contributed by atoms with Gasteiger partial charge in [-0.2, -0.15) is 5.26 Å². The van der Waals surface area contributed by atoms with Crippen LogP contribution in [0.4, 0.5) is 5.69 Å². The van der Waals surface area contributed by atoms with Gasteiger partial charge in [-0.1, -0.05) is 48.5 Å². The van der Waals surface area contributed by atoms with Crippen LogP contribution in [0.3, 0.4) is 0 Å². The van der Waals surface area contributed by atoms with Crippen LogP contribution in [-0.4, -0.2) is 4.98 Å². The van der Waals surface area contributed by atoms with Gasteiger partial charge in [-0.05, 0) is 24.6 Å². The van der Waals surface area contributed by atoms with E-state index in [-0.39, 0.29) is 0 Å². The van der Waals surface area contributed by atoms with Gasteiger partial charge >= 0.3 is 0 Å². The molecule has 0 saturated heterocycles. The minimum absolute atomic E-state index is 0.520. The zero-order valence-electron chi connectivity index (χ0n) is 13.9. The quantitative estimate of drug-likeness (QED) is 0.526. The summed E-state index contributed by atoms with van der Waals surface area (Å²) in [6.45, 7) is 2.60. The fourth-order valence-corrected chi connectivity index (χ4v) is 3.11. The summed E-state index contributed by atoms with van der Waals surface area (Å²) in [5.74, 6) is 0. The molecular formula is C20H18N4S. The van der Waals surface area contributed by atoms with Gasteiger partial charge in [-0.3, -0.25) is 5.01 Å². The summed E-state index contributed by atoms with van der Waals surface area (Å²) in [5, 5.41) is 14.1. The average Bonchev–Trinajstić information content (AvgIpc) is 3.09. The molecule has 2 aromatic carbocycles. The lowest BCUT2D eigenvalue weighted by atomic mass is 10.2. The summed E-state index contributed by atoms with van der Waals surface area (Å²) in [6, 6.07) is 22.5. The molecule has 0 saturated carbocycles. The summed E-state index contributed by atoms with van der Waals surface area (Å²) in [5.41, 5.74) is 6.90. The molecule has 0 aliphatic rings. The van der Waals surface area contributed by atoms with Crippen molar-refractivity contribution < 1.29 is 0 Å². The number of thiazole rings is 1. The molecule has 0 radical (unpaired) electrons. The molecule has 25 heavy (non-hydrogen) atoms. The van der Waals surface area contributed by atoms with Crippen molar-refractivity contribution in [3.8, 4) is 6.07 Å². The van der Waals surface area contributed by atoms with Crippen LogP contribution in [0, 0.1) is 18.3 Å². The number of rotatable bonds is 6. The standard InChI is InChI=1S/C20H18N4S/c1-16-15-25-20(23-16)18(12-21)13-22-24(19-10-6-3-7-11-19)14-17-8-4-2-5-9-17/h2-11,13,15,22H,14H2,1H3/b18-13+. The van der Waals surface area contributed by atoms with Crippen LogP contribution in [0.2, 0.25) is 0 Å². The fourth-order valence-electron chi connectivity index (χ4n) is 2.35. The Morgan fingerprint density at radius 2 is 1.84 bits per heavy atom. The number of hydrogen-bond acceptors (Lipinski definition) is 5. The highest BCUT2D eigenvalue weighted by Crippen LogP contribution is 2.19. The third kappa shape index (κ3) is 4.46. The Bertz CT molecular complexity index is 879.